The summed E-state index contributed by atoms with van der Waals surface area (Å²) in [5, 5.41) is 3.54. The molecule has 1 N–H and O–H groups in total. The van der Waals surface area contributed by atoms with Crippen molar-refractivity contribution < 1.29 is 0 Å². The van der Waals surface area contributed by atoms with Gasteiger partial charge in [0.25, 0.3) is 0 Å². The van der Waals surface area contributed by atoms with Gasteiger partial charge < -0.3 is 10.2 Å². The highest BCUT2D eigenvalue weighted by Crippen LogP contribution is 2.21. The van der Waals surface area contributed by atoms with E-state index in [0.717, 1.165) is 12.0 Å². The van der Waals surface area contributed by atoms with Crippen molar-refractivity contribution in [2.45, 2.75) is 70.8 Å². The van der Waals surface area contributed by atoms with Gasteiger partial charge in [0, 0.05) is 6.04 Å². The summed E-state index contributed by atoms with van der Waals surface area (Å²) in [6.45, 7) is 7.61. The van der Waals surface area contributed by atoms with Gasteiger partial charge in [-0.25, -0.2) is 0 Å². The number of hydrogen-bond acceptors (Lipinski definition) is 2. The minimum absolute atomic E-state index is 0.886. The molecule has 106 valence electrons. The Balaban J connectivity index is 1.66. The molecule has 0 aromatic rings. The molecule has 2 rings (SSSR count). The van der Waals surface area contributed by atoms with Crippen molar-refractivity contribution in [3.05, 3.63) is 0 Å². The van der Waals surface area contributed by atoms with Crippen molar-refractivity contribution in [2.75, 3.05) is 26.2 Å². The molecule has 2 saturated heterocycles. The number of nitrogens with zero attached hydrogens (tertiary/aromatic N) is 1. The van der Waals surface area contributed by atoms with Crippen LogP contribution in [0.4, 0.5) is 0 Å². The lowest BCUT2D eigenvalue weighted by molar-refractivity contribution is 0.185. The summed E-state index contributed by atoms with van der Waals surface area (Å²) in [6.07, 6.45) is 12.9. The van der Waals surface area contributed by atoms with Crippen LogP contribution in [0, 0.1) is 5.92 Å². The summed E-state index contributed by atoms with van der Waals surface area (Å²) in [4.78, 5) is 2.79. The Labute approximate surface area is 114 Å². The first-order valence-electron chi connectivity index (χ1n) is 8.35. The van der Waals surface area contributed by atoms with Gasteiger partial charge in [0.05, 0.1) is 0 Å². The van der Waals surface area contributed by atoms with Crippen LogP contribution in [0.5, 0.6) is 0 Å². The summed E-state index contributed by atoms with van der Waals surface area (Å²) in [5.41, 5.74) is 0. The van der Waals surface area contributed by atoms with E-state index in [-0.39, 0.29) is 0 Å². The average molecular weight is 252 g/mol. The Hall–Kier alpha value is -0.0800. The van der Waals surface area contributed by atoms with Gasteiger partial charge >= 0.3 is 0 Å². The molecular weight excluding hydrogens is 220 g/mol. The Morgan fingerprint density at radius 2 is 2.06 bits per heavy atom. The van der Waals surface area contributed by atoms with Gasteiger partial charge in [-0.05, 0) is 77.0 Å². The lowest BCUT2D eigenvalue weighted by Crippen LogP contribution is -2.36. The highest BCUT2D eigenvalue weighted by atomic mass is 15.1. The van der Waals surface area contributed by atoms with Crippen LogP contribution >= 0.6 is 0 Å². The van der Waals surface area contributed by atoms with E-state index in [1.165, 1.54) is 84.0 Å². The third kappa shape index (κ3) is 4.55. The van der Waals surface area contributed by atoms with Crippen molar-refractivity contribution >= 4 is 0 Å². The standard InChI is InChI=1S/C16H32N2/c1-2-16-10-4-3-5-12-18(16)13-7-9-15-8-6-11-17-14-15/h15-17H,2-14H2,1H3. The van der Waals surface area contributed by atoms with Crippen molar-refractivity contribution in [1.29, 1.82) is 0 Å². The summed E-state index contributed by atoms with van der Waals surface area (Å²) in [7, 11) is 0. The third-order valence-electron chi connectivity index (χ3n) is 4.93. The number of rotatable bonds is 5. The molecule has 0 aromatic heterocycles. The highest BCUT2D eigenvalue weighted by Gasteiger charge is 2.19. The molecule has 2 fully saturated rings. The van der Waals surface area contributed by atoms with Crippen LogP contribution in [0.1, 0.15) is 64.7 Å². The topological polar surface area (TPSA) is 15.3 Å². The van der Waals surface area contributed by atoms with Crippen LogP contribution in [0.3, 0.4) is 0 Å². The first kappa shape index (κ1) is 14.3. The van der Waals surface area contributed by atoms with E-state index in [4.69, 9.17) is 0 Å². The molecule has 0 spiro atoms. The van der Waals surface area contributed by atoms with Gasteiger partial charge in [0.2, 0.25) is 0 Å². The first-order chi connectivity index (χ1) is 8.90. The fourth-order valence-corrected chi connectivity index (χ4v) is 3.75. The molecule has 2 aliphatic heterocycles. The van der Waals surface area contributed by atoms with Gasteiger partial charge in [0.1, 0.15) is 0 Å². The Morgan fingerprint density at radius 3 is 2.83 bits per heavy atom. The Bertz CT molecular complexity index is 211. The quantitative estimate of drug-likeness (QED) is 0.806. The molecule has 0 bridgehead atoms. The smallest absolute Gasteiger partial charge is 0.00926 e. The zero-order valence-electron chi connectivity index (χ0n) is 12.3. The second kappa shape index (κ2) is 8.16. The van der Waals surface area contributed by atoms with Crippen LogP contribution in [-0.4, -0.2) is 37.1 Å². The lowest BCUT2D eigenvalue weighted by Gasteiger charge is -2.30. The molecule has 0 radical (unpaired) electrons. The maximum atomic E-state index is 3.54. The molecule has 2 nitrogen and oxygen atoms in total. The van der Waals surface area contributed by atoms with Gasteiger partial charge in [-0.3, -0.25) is 0 Å². The minimum Gasteiger partial charge on any atom is -0.316 e. The van der Waals surface area contributed by atoms with Crippen LogP contribution in [-0.2, 0) is 0 Å². The van der Waals surface area contributed by atoms with Gasteiger partial charge in [0.15, 0.2) is 0 Å². The summed E-state index contributed by atoms with van der Waals surface area (Å²) < 4.78 is 0. The second-order valence-corrected chi connectivity index (χ2v) is 6.30. The normalized spacial score (nSPS) is 31.2. The predicted octanol–water partition coefficient (Wildman–Crippen LogP) is 3.42. The van der Waals surface area contributed by atoms with Crippen LogP contribution < -0.4 is 5.32 Å². The first-order valence-corrected chi connectivity index (χ1v) is 8.35. The van der Waals surface area contributed by atoms with Crippen molar-refractivity contribution in [2.24, 2.45) is 5.92 Å². The van der Waals surface area contributed by atoms with Crippen molar-refractivity contribution in [3.8, 4) is 0 Å². The Kier molecular flexibility index (Phi) is 6.50. The Morgan fingerprint density at radius 1 is 1.11 bits per heavy atom. The monoisotopic (exact) mass is 252 g/mol. The molecule has 2 heterocycles. The molecule has 0 aliphatic carbocycles. The fraction of sp³-hybridized carbons (Fsp3) is 1.00. The van der Waals surface area contributed by atoms with Crippen molar-refractivity contribution in [3.63, 3.8) is 0 Å². The van der Waals surface area contributed by atoms with Gasteiger partial charge in [-0.1, -0.05) is 19.8 Å². The average Bonchev–Trinajstić information content (AvgIpc) is 2.65. The minimum atomic E-state index is 0.886. The van der Waals surface area contributed by atoms with Crippen LogP contribution in [0.25, 0.3) is 0 Å². The van der Waals surface area contributed by atoms with E-state index in [1.54, 1.807) is 0 Å². The molecule has 0 amide bonds. The summed E-state index contributed by atoms with van der Waals surface area (Å²) in [6, 6.07) is 0.886. The van der Waals surface area contributed by atoms with E-state index < -0.39 is 0 Å². The summed E-state index contributed by atoms with van der Waals surface area (Å²) in [5.74, 6) is 0.964. The zero-order valence-corrected chi connectivity index (χ0v) is 12.3. The van der Waals surface area contributed by atoms with E-state index in [2.05, 4.69) is 17.1 Å². The van der Waals surface area contributed by atoms with Crippen LogP contribution in [0.15, 0.2) is 0 Å². The largest absolute Gasteiger partial charge is 0.316 e. The zero-order chi connectivity index (χ0) is 12.6. The molecule has 2 unspecified atom stereocenters. The SMILES string of the molecule is CCC1CCCCCN1CCCC1CCCNC1. The molecule has 2 atom stereocenters. The highest BCUT2D eigenvalue weighted by molar-refractivity contribution is 4.75. The third-order valence-corrected chi connectivity index (χ3v) is 4.93. The van der Waals surface area contributed by atoms with Crippen LogP contribution in [0.2, 0.25) is 0 Å². The number of hydrogen-bond donors (Lipinski definition) is 1. The number of piperidine rings is 1. The number of nitrogens with one attached hydrogen (secondary N) is 1. The summed E-state index contributed by atoms with van der Waals surface area (Å²) >= 11 is 0. The molecule has 18 heavy (non-hydrogen) atoms. The van der Waals surface area contributed by atoms with Crippen molar-refractivity contribution in [1.82, 2.24) is 10.2 Å². The van der Waals surface area contributed by atoms with E-state index in [1.807, 2.05) is 0 Å². The number of likely N-dealkylation sites (tertiary alicyclic amines) is 1. The maximum Gasteiger partial charge on any atom is 0.00926 e. The van der Waals surface area contributed by atoms with Gasteiger partial charge in [-0.2, -0.15) is 0 Å². The predicted molar refractivity (Wildman–Crippen MR) is 78.9 cm³/mol. The molecular formula is C16H32N2. The molecule has 0 saturated carbocycles. The van der Waals surface area contributed by atoms with E-state index in [0.29, 0.717) is 0 Å². The van der Waals surface area contributed by atoms with E-state index >= 15 is 0 Å². The molecule has 0 aromatic carbocycles. The molecule has 2 heteroatoms. The lowest BCUT2D eigenvalue weighted by atomic mass is 9.94. The molecule has 2 aliphatic rings. The fourth-order valence-electron chi connectivity index (χ4n) is 3.75. The van der Waals surface area contributed by atoms with Gasteiger partial charge in [-0.15, -0.1) is 0 Å². The van der Waals surface area contributed by atoms with E-state index in [9.17, 15) is 0 Å². The maximum absolute atomic E-state index is 3.54. The second-order valence-electron chi connectivity index (χ2n) is 6.30.